The third kappa shape index (κ3) is 4.75. The zero-order valence-corrected chi connectivity index (χ0v) is 16.8. The normalized spacial score (nSPS) is 26.7. The lowest BCUT2D eigenvalue weighted by Gasteiger charge is -2.27. The molecule has 1 aliphatic heterocycles. The Morgan fingerprint density at radius 1 is 1.22 bits per heavy atom. The molecule has 1 aromatic carbocycles. The highest BCUT2D eigenvalue weighted by Crippen LogP contribution is 2.33. The Bertz CT molecular complexity index is 653. The van der Waals surface area contributed by atoms with E-state index < -0.39 is 0 Å². The summed E-state index contributed by atoms with van der Waals surface area (Å²) in [5, 5.41) is 7.09. The molecular weight excluding hydrogens is 336 g/mol. The van der Waals surface area contributed by atoms with Gasteiger partial charge in [-0.25, -0.2) is 4.99 Å². The Hall–Kier alpha value is -1.75. The molecular formula is C22H34N4O. The van der Waals surface area contributed by atoms with Gasteiger partial charge in [-0.3, -0.25) is 4.90 Å². The van der Waals surface area contributed by atoms with Crippen molar-refractivity contribution in [3.05, 3.63) is 29.8 Å². The van der Waals surface area contributed by atoms with Crippen LogP contribution >= 0.6 is 0 Å². The molecule has 1 heterocycles. The van der Waals surface area contributed by atoms with Crippen LogP contribution in [0.15, 0.2) is 29.3 Å². The second kappa shape index (κ2) is 8.51. The molecule has 2 saturated carbocycles. The van der Waals surface area contributed by atoms with Gasteiger partial charge < -0.3 is 15.4 Å². The number of para-hydroxylation sites is 1. The van der Waals surface area contributed by atoms with Crippen LogP contribution in [-0.2, 0) is 6.54 Å². The average Bonchev–Trinajstić information content (AvgIpc) is 3.40. The van der Waals surface area contributed by atoms with Gasteiger partial charge in [0.15, 0.2) is 5.96 Å². The Kier molecular flexibility index (Phi) is 5.86. The molecule has 2 unspecified atom stereocenters. The predicted molar refractivity (Wildman–Crippen MR) is 110 cm³/mol. The first kappa shape index (κ1) is 18.6. The fraction of sp³-hybridized carbons (Fsp3) is 0.682. The summed E-state index contributed by atoms with van der Waals surface area (Å²) in [5.41, 5.74) is 1.17. The third-order valence-corrected chi connectivity index (χ3v) is 6.05. The monoisotopic (exact) mass is 370 g/mol. The van der Waals surface area contributed by atoms with Crippen molar-refractivity contribution in [2.24, 2.45) is 4.99 Å². The molecule has 1 aromatic rings. The van der Waals surface area contributed by atoms with Crippen LogP contribution in [-0.4, -0.2) is 48.2 Å². The van der Waals surface area contributed by atoms with E-state index in [1.807, 2.05) is 0 Å². The molecule has 0 spiro atoms. The number of benzene rings is 1. The fourth-order valence-corrected chi connectivity index (χ4v) is 4.17. The van der Waals surface area contributed by atoms with Crippen LogP contribution in [0.25, 0.3) is 0 Å². The largest absolute Gasteiger partial charge is 0.490 e. The number of rotatable bonds is 7. The van der Waals surface area contributed by atoms with Crippen LogP contribution in [0.4, 0.5) is 0 Å². The molecule has 0 aromatic heterocycles. The van der Waals surface area contributed by atoms with E-state index in [-0.39, 0.29) is 0 Å². The topological polar surface area (TPSA) is 48.9 Å². The van der Waals surface area contributed by atoms with Gasteiger partial charge >= 0.3 is 0 Å². The molecule has 0 amide bonds. The van der Waals surface area contributed by atoms with Crippen molar-refractivity contribution in [2.45, 2.75) is 83.1 Å². The standard InChI is InChI=1S/C22H34N4O/c1-3-23-22(25-18-13-16(2)26(15-18)19-11-12-19)24-14-17-7-4-5-10-21(17)27-20-8-6-9-20/h4-5,7,10,16,18-20H,3,6,8-9,11-15H2,1-2H3,(H2,23,24,25). The summed E-state index contributed by atoms with van der Waals surface area (Å²) in [5.74, 6) is 1.92. The lowest BCUT2D eigenvalue weighted by Crippen LogP contribution is -2.44. The van der Waals surface area contributed by atoms with Gasteiger partial charge in [0.05, 0.1) is 12.6 Å². The van der Waals surface area contributed by atoms with E-state index in [0.29, 0.717) is 24.7 Å². The number of hydrogen-bond donors (Lipinski definition) is 2. The van der Waals surface area contributed by atoms with Crippen LogP contribution in [0.3, 0.4) is 0 Å². The number of nitrogens with zero attached hydrogens (tertiary/aromatic N) is 2. The summed E-state index contributed by atoms with van der Waals surface area (Å²) in [4.78, 5) is 7.54. The first-order chi connectivity index (χ1) is 13.2. The average molecular weight is 371 g/mol. The van der Waals surface area contributed by atoms with Crippen molar-refractivity contribution in [3.63, 3.8) is 0 Å². The molecule has 2 N–H and O–H groups in total. The van der Waals surface area contributed by atoms with Crippen molar-refractivity contribution in [1.29, 1.82) is 0 Å². The molecule has 27 heavy (non-hydrogen) atoms. The maximum atomic E-state index is 6.15. The van der Waals surface area contributed by atoms with E-state index in [9.17, 15) is 0 Å². The molecule has 2 atom stereocenters. The zero-order valence-electron chi connectivity index (χ0n) is 16.8. The lowest BCUT2D eigenvalue weighted by atomic mass is 9.96. The molecule has 3 aliphatic rings. The van der Waals surface area contributed by atoms with Crippen molar-refractivity contribution in [1.82, 2.24) is 15.5 Å². The molecule has 3 fully saturated rings. The smallest absolute Gasteiger partial charge is 0.191 e. The van der Waals surface area contributed by atoms with Crippen molar-refractivity contribution < 1.29 is 4.74 Å². The van der Waals surface area contributed by atoms with E-state index >= 15 is 0 Å². The van der Waals surface area contributed by atoms with E-state index in [0.717, 1.165) is 30.8 Å². The molecule has 2 aliphatic carbocycles. The zero-order chi connectivity index (χ0) is 18.6. The van der Waals surface area contributed by atoms with E-state index in [1.54, 1.807) is 0 Å². The number of nitrogens with one attached hydrogen (secondary N) is 2. The Balaban J connectivity index is 1.38. The first-order valence-corrected chi connectivity index (χ1v) is 10.8. The summed E-state index contributed by atoms with van der Waals surface area (Å²) in [7, 11) is 0. The van der Waals surface area contributed by atoms with Gasteiger partial charge in [0.1, 0.15) is 5.75 Å². The van der Waals surface area contributed by atoms with Gasteiger partial charge in [0, 0.05) is 36.8 Å². The lowest BCUT2D eigenvalue weighted by molar-refractivity contribution is 0.119. The van der Waals surface area contributed by atoms with Gasteiger partial charge in [-0.15, -0.1) is 0 Å². The molecule has 1 saturated heterocycles. The minimum atomic E-state index is 0.398. The maximum Gasteiger partial charge on any atom is 0.191 e. The van der Waals surface area contributed by atoms with E-state index in [1.165, 1.54) is 44.1 Å². The summed E-state index contributed by atoms with van der Waals surface area (Å²) in [6, 6.07) is 10.3. The number of aliphatic imine (C=N–C) groups is 1. The SMILES string of the molecule is CCNC(=NCc1ccccc1OC1CCC1)NC1CC(C)N(C2CC2)C1. The van der Waals surface area contributed by atoms with Crippen LogP contribution in [0.2, 0.25) is 0 Å². The van der Waals surface area contributed by atoms with Gasteiger partial charge in [-0.05, 0) is 58.4 Å². The van der Waals surface area contributed by atoms with E-state index in [4.69, 9.17) is 9.73 Å². The second-order valence-corrected chi connectivity index (χ2v) is 8.33. The molecule has 0 radical (unpaired) electrons. The summed E-state index contributed by atoms with van der Waals surface area (Å²) in [6.45, 7) is 7.14. The number of likely N-dealkylation sites (tertiary alicyclic amines) is 1. The van der Waals surface area contributed by atoms with Gasteiger partial charge in [0.2, 0.25) is 0 Å². The highest BCUT2D eigenvalue weighted by atomic mass is 16.5. The van der Waals surface area contributed by atoms with Crippen LogP contribution in [0, 0.1) is 0 Å². The van der Waals surface area contributed by atoms with E-state index in [2.05, 4.69) is 53.6 Å². The molecule has 148 valence electrons. The number of ether oxygens (including phenoxy) is 1. The van der Waals surface area contributed by atoms with Crippen LogP contribution in [0.1, 0.15) is 57.9 Å². The summed E-state index contributed by atoms with van der Waals surface area (Å²) < 4.78 is 6.15. The first-order valence-electron chi connectivity index (χ1n) is 10.8. The van der Waals surface area contributed by atoms with Crippen molar-refractivity contribution in [2.75, 3.05) is 13.1 Å². The molecule has 0 bridgehead atoms. The highest BCUT2D eigenvalue weighted by molar-refractivity contribution is 5.80. The second-order valence-electron chi connectivity index (χ2n) is 8.33. The third-order valence-electron chi connectivity index (χ3n) is 6.05. The van der Waals surface area contributed by atoms with Gasteiger partial charge in [-0.2, -0.15) is 0 Å². The summed E-state index contributed by atoms with van der Waals surface area (Å²) >= 11 is 0. The highest BCUT2D eigenvalue weighted by Gasteiger charge is 2.38. The molecule has 4 rings (SSSR count). The Morgan fingerprint density at radius 2 is 2.04 bits per heavy atom. The number of guanidine groups is 1. The molecule has 5 heteroatoms. The minimum absolute atomic E-state index is 0.398. The quantitative estimate of drug-likeness (QED) is 0.571. The van der Waals surface area contributed by atoms with Crippen LogP contribution < -0.4 is 15.4 Å². The van der Waals surface area contributed by atoms with Crippen molar-refractivity contribution in [3.8, 4) is 5.75 Å². The number of hydrogen-bond acceptors (Lipinski definition) is 3. The predicted octanol–water partition coefficient (Wildman–Crippen LogP) is 3.30. The van der Waals surface area contributed by atoms with Crippen LogP contribution in [0.5, 0.6) is 5.75 Å². The Morgan fingerprint density at radius 3 is 2.74 bits per heavy atom. The minimum Gasteiger partial charge on any atom is -0.490 e. The van der Waals surface area contributed by atoms with Crippen molar-refractivity contribution >= 4 is 5.96 Å². The summed E-state index contributed by atoms with van der Waals surface area (Å²) in [6.07, 6.45) is 8.00. The van der Waals surface area contributed by atoms with Gasteiger partial charge in [0.25, 0.3) is 0 Å². The Labute approximate surface area is 163 Å². The molecule has 5 nitrogen and oxygen atoms in total. The maximum absolute atomic E-state index is 6.15. The fourth-order valence-electron chi connectivity index (χ4n) is 4.17. The van der Waals surface area contributed by atoms with Gasteiger partial charge in [-0.1, -0.05) is 18.2 Å².